The van der Waals surface area contributed by atoms with Crippen molar-refractivity contribution in [1.82, 2.24) is 0 Å². The quantitative estimate of drug-likeness (QED) is 0.424. The van der Waals surface area contributed by atoms with E-state index in [4.69, 9.17) is 0 Å². The number of carboxylic acids is 1. The Morgan fingerprint density at radius 2 is 1.79 bits per heavy atom. The molecule has 3 saturated carbocycles. The van der Waals surface area contributed by atoms with Gasteiger partial charge in [-0.2, -0.15) is 0 Å². The molecule has 0 unspecified atom stereocenters. The van der Waals surface area contributed by atoms with Crippen LogP contribution in [0.5, 0.6) is 0 Å². The number of aliphatic carboxylic acids is 1. The molecule has 3 heteroatoms. The average molecular weight is 457 g/mol. The summed E-state index contributed by atoms with van der Waals surface area (Å²) in [7, 11) is 0. The molecule has 0 bridgehead atoms. The molecule has 0 aromatic heterocycles. The van der Waals surface area contributed by atoms with E-state index in [-0.39, 0.29) is 39.6 Å². The predicted octanol–water partition coefficient (Wildman–Crippen LogP) is 7.40. The van der Waals surface area contributed by atoms with Gasteiger partial charge < -0.3 is 10.2 Å². The van der Waals surface area contributed by atoms with Crippen LogP contribution in [0.3, 0.4) is 0 Å². The first kappa shape index (κ1) is 25.0. The molecule has 3 fully saturated rings. The van der Waals surface area contributed by atoms with Gasteiger partial charge in [-0.1, -0.05) is 57.9 Å². The van der Waals surface area contributed by atoms with Gasteiger partial charge in [0.05, 0.1) is 12.0 Å². The third kappa shape index (κ3) is 3.58. The molecule has 4 aliphatic carbocycles. The Morgan fingerprint density at radius 3 is 2.42 bits per heavy atom. The minimum Gasteiger partial charge on any atom is -0.481 e. The summed E-state index contributed by atoms with van der Waals surface area (Å²) in [5.74, 6) is 0.502. The van der Waals surface area contributed by atoms with E-state index in [2.05, 4.69) is 60.6 Å². The zero-order chi connectivity index (χ0) is 24.4. The third-order valence-corrected chi connectivity index (χ3v) is 11.7. The van der Waals surface area contributed by atoms with Crippen molar-refractivity contribution in [3.8, 4) is 0 Å². The lowest BCUT2D eigenvalue weighted by Gasteiger charge is -2.64. The highest BCUT2D eigenvalue weighted by Gasteiger charge is 2.65. The predicted molar refractivity (Wildman–Crippen MR) is 135 cm³/mol. The van der Waals surface area contributed by atoms with E-state index in [1.54, 1.807) is 5.57 Å². The summed E-state index contributed by atoms with van der Waals surface area (Å²) in [5, 5.41) is 21.0. The zero-order valence-corrected chi connectivity index (χ0v) is 22.2. The number of aliphatic hydroxyl groups is 1. The van der Waals surface area contributed by atoms with Crippen molar-refractivity contribution in [1.29, 1.82) is 0 Å². The zero-order valence-electron chi connectivity index (χ0n) is 22.2. The number of hydrogen-bond donors (Lipinski definition) is 2. The maximum atomic E-state index is 12.4. The van der Waals surface area contributed by atoms with Gasteiger partial charge in [-0.05, 0) is 111 Å². The van der Waals surface area contributed by atoms with Gasteiger partial charge >= 0.3 is 5.97 Å². The van der Waals surface area contributed by atoms with Gasteiger partial charge in [-0.25, -0.2) is 0 Å². The van der Waals surface area contributed by atoms with Crippen molar-refractivity contribution >= 4 is 5.97 Å². The number of hydrogen-bond acceptors (Lipinski definition) is 2. The van der Waals surface area contributed by atoms with Crippen molar-refractivity contribution < 1.29 is 15.0 Å². The molecular formula is C30H48O3. The summed E-state index contributed by atoms with van der Waals surface area (Å²) in [5.41, 5.74) is 3.27. The van der Waals surface area contributed by atoms with Gasteiger partial charge in [-0.3, -0.25) is 4.79 Å². The molecule has 8 atom stereocenters. The molecule has 4 rings (SSSR count). The van der Waals surface area contributed by atoms with Crippen molar-refractivity contribution in [2.75, 3.05) is 0 Å². The average Bonchev–Trinajstić information content (AvgIpc) is 3.00. The number of fused-ring (bicyclic) bond motifs is 5. The number of carbonyl (C=O) groups is 1. The van der Waals surface area contributed by atoms with Crippen LogP contribution in [0.1, 0.15) is 106 Å². The van der Waals surface area contributed by atoms with Gasteiger partial charge in [0.1, 0.15) is 0 Å². The summed E-state index contributed by atoms with van der Waals surface area (Å²) in [4.78, 5) is 12.4. The van der Waals surface area contributed by atoms with Crippen LogP contribution < -0.4 is 0 Å². The van der Waals surface area contributed by atoms with Crippen molar-refractivity contribution in [2.24, 2.45) is 45.3 Å². The summed E-state index contributed by atoms with van der Waals surface area (Å²) >= 11 is 0. The van der Waals surface area contributed by atoms with E-state index >= 15 is 0 Å². The smallest absolute Gasteiger partial charge is 0.306 e. The van der Waals surface area contributed by atoms with Crippen LogP contribution in [-0.2, 0) is 4.79 Å². The van der Waals surface area contributed by atoms with Crippen LogP contribution >= 0.6 is 0 Å². The Balaban J connectivity index is 1.67. The molecule has 4 aliphatic rings. The first-order chi connectivity index (χ1) is 15.3. The highest BCUT2D eigenvalue weighted by molar-refractivity contribution is 5.70. The van der Waals surface area contributed by atoms with Crippen LogP contribution in [0.15, 0.2) is 23.3 Å². The minimum atomic E-state index is -0.595. The lowest BCUT2D eigenvalue weighted by molar-refractivity contribution is -0.149. The molecule has 33 heavy (non-hydrogen) atoms. The molecule has 3 nitrogen and oxygen atoms in total. The summed E-state index contributed by atoms with van der Waals surface area (Å²) in [6.45, 7) is 16.2. The SMILES string of the molecule is CC(C)=CCC[C@H](C(=O)O)[C@@H]1CC[C@@]2(C)C3=CC[C@H]4C(C)(C)[C@H](O)CC[C@]4(C)[C@H]3CC[C@@]12C. The Labute approximate surface area is 202 Å². The van der Waals surface area contributed by atoms with E-state index in [1.165, 1.54) is 12.0 Å². The Bertz CT molecular complexity index is 849. The second-order valence-electron chi connectivity index (χ2n) is 13.6. The van der Waals surface area contributed by atoms with Crippen molar-refractivity contribution in [3.63, 3.8) is 0 Å². The molecule has 0 spiro atoms. The molecule has 0 amide bonds. The number of aliphatic hydroxyl groups excluding tert-OH is 1. The van der Waals surface area contributed by atoms with Crippen LogP contribution in [-0.4, -0.2) is 22.3 Å². The second kappa shape index (κ2) is 8.25. The lowest BCUT2D eigenvalue weighted by Crippen LogP contribution is -2.58. The normalized spacial score (nSPS) is 44.7. The van der Waals surface area contributed by atoms with Gasteiger partial charge in [-0.15, -0.1) is 0 Å². The first-order valence-corrected chi connectivity index (χ1v) is 13.5. The molecule has 0 aromatic rings. The molecule has 0 saturated heterocycles. The Kier molecular flexibility index (Phi) is 6.25. The Morgan fingerprint density at radius 1 is 1.09 bits per heavy atom. The van der Waals surface area contributed by atoms with Gasteiger partial charge in [0.25, 0.3) is 0 Å². The van der Waals surface area contributed by atoms with Gasteiger partial charge in [0.15, 0.2) is 0 Å². The fraction of sp³-hybridized carbons (Fsp3) is 0.833. The van der Waals surface area contributed by atoms with Crippen LogP contribution in [0.2, 0.25) is 0 Å². The maximum absolute atomic E-state index is 12.4. The molecule has 186 valence electrons. The minimum absolute atomic E-state index is 0.0474. The molecular weight excluding hydrogens is 408 g/mol. The summed E-state index contributed by atoms with van der Waals surface area (Å²) in [6.07, 6.45) is 13.7. The fourth-order valence-electron chi connectivity index (χ4n) is 9.43. The largest absolute Gasteiger partial charge is 0.481 e. The lowest BCUT2D eigenvalue weighted by atomic mass is 9.41. The van der Waals surface area contributed by atoms with Gasteiger partial charge in [0, 0.05) is 0 Å². The molecule has 0 aromatic carbocycles. The van der Waals surface area contributed by atoms with Crippen LogP contribution in [0.25, 0.3) is 0 Å². The second-order valence-corrected chi connectivity index (χ2v) is 13.6. The van der Waals surface area contributed by atoms with E-state index in [9.17, 15) is 15.0 Å². The van der Waals surface area contributed by atoms with Crippen LogP contribution in [0, 0.1) is 45.3 Å². The summed E-state index contributed by atoms with van der Waals surface area (Å²) in [6, 6.07) is 0. The highest BCUT2D eigenvalue weighted by atomic mass is 16.4. The maximum Gasteiger partial charge on any atom is 0.306 e. The molecule has 0 heterocycles. The standard InChI is InChI=1S/C30H48O3/c1-19(2)9-8-10-20(26(32)33)21-13-17-30(7)23-11-12-24-27(3,4)25(31)15-16-28(24,5)22(23)14-18-29(21,30)6/h9,11,20-22,24-25,31H,8,10,12-18H2,1-7H3,(H,32,33)/t20-,21-,22-,24-,25+,28+,29-,30-/m0/s1. The molecule has 0 aliphatic heterocycles. The van der Waals surface area contributed by atoms with E-state index in [1.807, 2.05) is 0 Å². The van der Waals surface area contributed by atoms with Crippen molar-refractivity contribution in [3.05, 3.63) is 23.3 Å². The Hall–Kier alpha value is -1.09. The number of rotatable bonds is 5. The number of allylic oxidation sites excluding steroid dienone is 4. The topological polar surface area (TPSA) is 57.5 Å². The van der Waals surface area contributed by atoms with E-state index in [0.29, 0.717) is 11.8 Å². The summed E-state index contributed by atoms with van der Waals surface area (Å²) < 4.78 is 0. The van der Waals surface area contributed by atoms with E-state index in [0.717, 1.165) is 51.4 Å². The highest BCUT2D eigenvalue weighted by Crippen LogP contribution is 2.73. The third-order valence-electron chi connectivity index (χ3n) is 11.7. The number of carboxylic acid groups (broad SMARTS) is 1. The fourth-order valence-corrected chi connectivity index (χ4v) is 9.43. The molecule has 2 N–H and O–H groups in total. The monoisotopic (exact) mass is 456 g/mol. The first-order valence-electron chi connectivity index (χ1n) is 13.5. The van der Waals surface area contributed by atoms with Gasteiger partial charge in [0.2, 0.25) is 0 Å². The van der Waals surface area contributed by atoms with Crippen LogP contribution in [0.4, 0.5) is 0 Å². The molecule has 0 radical (unpaired) electrons. The van der Waals surface area contributed by atoms with Crippen molar-refractivity contribution in [2.45, 2.75) is 112 Å². The van der Waals surface area contributed by atoms with E-state index < -0.39 is 5.97 Å².